The van der Waals surface area contributed by atoms with Crippen LogP contribution >= 0.6 is 11.3 Å². The lowest BCUT2D eigenvalue weighted by atomic mass is 9.96. The molecule has 4 nitrogen and oxygen atoms in total. The molecule has 0 fully saturated rings. The van der Waals surface area contributed by atoms with E-state index in [9.17, 15) is 0 Å². The van der Waals surface area contributed by atoms with Crippen molar-refractivity contribution in [3.05, 3.63) is 170 Å². The second kappa shape index (κ2) is 11.3. The minimum absolute atomic E-state index is 0.643. The molecule has 3 heterocycles. The molecule has 250 valence electrons. The molecule has 0 saturated carbocycles. The Morgan fingerprint density at radius 3 is 1.91 bits per heavy atom. The van der Waals surface area contributed by atoms with Crippen LogP contribution in [0.4, 0.5) is 0 Å². The molecule has 54 heavy (non-hydrogen) atoms. The monoisotopic (exact) mass is 704 g/mol. The van der Waals surface area contributed by atoms with E-state index in [4.69, 9.17) is 15.0 Å². The van der Waals surface area contributed by atoms with Gasteiger partial charge in [0.15, 0.2) is 17.5 Å². The summed E-state index contributed by atoms with van der Waals surface area (Å²) in [7, 11) is 0. The van der Waals surface area contributed by atoms with Crippen molar-refractivity contribution in [2.75, 3.05) is 0 Å². The Hall–Kier alpha value is -6.95. The fraction of sp³-hybridized carbons (Fsp3) is 0. The van der Waals surface area contributed by atoms with E-state index in [1.165, 1.54) is 64.0 Å². The Balaban J connectivity index is 1.16. The first-order valence-electron chi connectivity index (χ1n) is 18.2. The Labute approximate surface area is 314 Å². The van der Waals surface area contributed by atoms with Crippen molar-refractivity contribution in [3.8, 4) is 62.1 Å². The SMILES string of the molecule is c1ccc(-c2nc(-c3ccc4c5ccccc5n(-c5ccccc5)c4c3)nc(-c3cc4c(c5sc6ccccc6c35)-c3cccc5cccc-4c35)n2)cc1. The average Bonchev–Trinajstić information content (AvgIpc) is 3.90. The van der Waals surface area contributed by atoms with Crippen molar-refractivity contribution in [1.82, 2.24) is 19.5 Å². The number of benzene rings is 8. The van der Waals surface area contributed by atoms with Crippen LogP contribution in [-0.4, -0.2) is 19.5 Å². The third kappa shape index (κ3) is 4.21. The highest BCUT2D eigenvalue weighted by atomic mass is 32.1. The first-order chi connectivity index (χ1) is 26.8. The van der Waals surface area contributed by atoms with E-state index in [1.54, 1.807) is 0 Å². The molecule has 0 N–H and O–H groups in total. The van der Waals surface area contributed by atoms with Gasteiger partial charge in [-0.3, -0.25) is 0 Å². The standard InChI is InChI=1S/C49H28N4S/c1-3-13-30(14-4-1)47-50-48(31-25-26-34-33-19-7-9-23-40(33)53(41(34)27-31)32-17-5-2-6-18-32)52-49(51-47)39-28-38-35-21-11-15-29-16-12-22-37(43(29)35)45(38)46-44(39)36-20-8-10-24-42(36)54-46/h1-28H. The topological polar surface area (TPSA) is 43.6 Å². The third-order valence-corrected chi connectivity index (χ3v) is 12.2. The van der Waals surface area contributed by atoms with Crippen LogP contribution < -0.4 is 0 Å². The van der Waals surface area contributed by atoms with Gasteiger partial charge in [-0.05, 0) is 63.9 Å². The summed E-state index contributed by atoms with van der Waals surface area (Å²) in [6.07, 6.45) is 0. The minimum Gasteiger partial charge on any atom is -0.309 e. The number of thiophene rings is 1. The van der Waals surface area contributed by atoms with E-state index in [1.807, 2.05) is 29.5 Å². The molecule has 0 amide bonds. The van der Waals surface area contributed by atoms with Gasteiger partial charge in [-0.15, -0.1) is 11.3 Å². The van der Waals surface area contributed by atoms with E-state index in [-0.39, 0.29) is 0 Å². The molecule has 5 heteroatoms. The summed E-state index contributed by atoms with van der Waals surface area (Å²) in [5.41, 5.74) is 11.4. The largest absolute Gasteiger partial charge is 0.309 e. The number of aromatic nitrogens is 4. The zero-order valence-corrected chi connectivity index (χ0v) is 29.7. The quantitative estimate of drug-likeness (QED) is 0.183. The molecular weight excluding hydrogens is 677 g/mol. The van der Waals surface area contributed by atoms with Crippen LogP contribution in [0.3, 0.4) is 0 Å². The number of fused-ring (bicyclic) bond motifs is 10. The first kappa shape index (κ1) is 29.6. The fourth-order valence-corrected chi connectivity index (χ4v) is 9.93. The van der Waals surface area contributed by atoms with Gasteiger partial charge in [0.2, 0.25) is 0 Å². The average molecular weight is 705 g/mol. The fourth-order valence-electron chi connectivity index (χ4n) is 8.64. The predicted octanol–water partition coefficient (Wildman–Crippen LogP) is 13.1. The molecule has 3 aromatic heterocycles. The molecule has 11 aromatic rings. The molecular formula is C49H28N4S. The summed E-state index contributed by atoms with van der Waals surface area (Å²) < 4.78 is 4.86. The van der Waals surface area contributed by atoms with Crippen molar-refractivity contribution in [2.24, 2.45) is 0 Å². The second-order valence-corrected chi connectivity index (χ2v) is 15.0. The molecule has 1 aliphatic carbocycles. The van der Waals surface area contributed by atoms with Crippen LogP contribution in [0.25, 0.3) is 115 Å². The molecule has 0 atom stereocenters. The Morgan fingerprint density at radius 2 is 1.07 bits per heavy atom. The van der Waals surface area contributed by atoms with Crippen molar-refractivity contribution in [2.45, 2.75) is 0 Å². The smallest absolute Gasteiger partial charge is 0.164 e. The van der Waals surface area contributed by atoms with Crippen LogP contribution in [-0.2, 0) is 0 Å². The van der Waals surface area contributed by atoms with Gasteiger partial charge < -0.3 is 4.57 Å². The van der Waals surface area contributed by atoms with Gasteiger partial charge in [0, 0.05) is 58.9 Å². The number of hydrogen-bond donors (Lipinski definition) is 0. The van der Waals surface area contributed by atoms with Crippen LogP contribution in [0.2, 0.25) is 0 Å². The maximum atomic E-state index is 5.40. The van der Waals surface area contributed by atoms with Crippen molar-refractivity contribution in [1.29, 1.82) is 0 Å². The van der Waals surface area contributed by atoms with E-state index >= 15 is 0 Å². The van der Waals surface area contributed by atoms with Crippen molar-refractivity contribution < 1.29 is 0 Å². The molecule has 0 bridgehead atoms. The molecule has 0 saturated heterocycles. The van der Waals surface area contributed by atoms with E-state index < -0.39 is 0 Å². The van der Waals surface area contributed by atoms with Gasteiger partial charge >= 0.3 is 0 Å². The maximum Gasteiger partial charge on any atom is 0.164 e. The van der Waals surface area contributed by atoms with Gasteiger partial charge in [0.05, 0.1) is 11.0 Å². The van der Waals surface area contributed by atoms with Crippen LogP contribution in [0, 0.1) is 0 Å². The van der Waals surface area contributed by atoms with E-state index in [0.717, 1.165) is 33.4 Å². The summed E-state index contributed by atoms with van der Waals surface area (Å²) in [4.78, 5) is 15.9. The molecule has 1 aliphatic rings. The normalized spacial score (nSPS) is 12.1. The van der Waals surface area contributed by atoms with E-state index in [2.05, 4.69) is 156 Å². The van der Waals surface area contributed by atoms with E-state index in [0.29, 0.717) is 17.5 Å². The lowest BCUT2D eigenvalue weighted by Gasteiger charge is -2.13. The van der Waals surface area contributed by atoms with Gasteiger partial charge in [-0.1, -0.05) is 133 Å². The number of hydrogen-bond acceptors (Lipinski definition) is 4. The zero-order valence-electron chi connectivity index (χ0n) is 28.9. The molecule has 0 spiro atoms. The number of nitrogens with zero attached hydrogens (tertiary/aromatic N) is 4. The van der Waals surface area contributed by atoms with Gasteiger partial charge in [0.1, 0.15) is 0 Å². The molecule has 0 unspecified atom stereocenters. The summed E-state index contributed by atoms with van der Waals surface area (Å²) >= 11 is 1.86. The van der Waals surface area contributed by atoms with Crippen molar-refractivity contribution >= 4 is 64.1 Å². The Bertz CT molecular complexity index is 3320. The number of rotatable bonds is 4. The van der Waals surface area contributed by atoms with Gasteiger partial charge in [-0.2, -0.15) is 0 Å². The minimum atomic E-state index is 0.643. The van der Waals surface area contributed by atoms with Crippen LogP contribution in [0.5, 0.6) is 0 Å². The Kier molecular flexibility index (Phi) is 6.18. The molecule has 12 rings (SSSR count). The Morgan fingerprint density at radius 1 is 0.407 bits per heavy atom. The summed E-state index contributed by atoms with van der Waals surface area (Å²) in [5, 5.41) is 7.38. The summed E-state index contributed by atoms with van der Waals surface area (Å²) in [6, 6.07) is 60.5. The first-order valence-corrected chi connectivity index (χ1v) is 19.0. The molecule has 0 radical (unpaired) electrons. The maximum absolute atomic E-state index is 5.40. The van der Waals surface area contributed by atoms with Gasteiger partial charge in [-0.25, -0.2) is 15.0 Å². The number of para-hydroxylation sites is 2. The third-order valence-electron chi connectivity index (χ3n) is 11.0. The molecule has 8 aromatic carbocycles. The zero-order chi connectivity index (χ0) is 35.3. The molecule has 0 aliphatic heterocycles. The summed E-state index contributed by atoms with van der Waals surface area (Å²) in [5.74, 6) is 1.96. The van der Waals surface area contributed by atoms with Crippen LogP contribution in [0.1, 0.15) is 0 Å². The predicted molar refractivity (Wildman–Crippen MR) is 225 cm³/mol. The lowest BCUT2D eigenvalue weighted by molar-refractivity contribution is 1.08. The van der Waals surface area contributed by atoms with Crippen LogP contribution in [0.15, 0.2) is 170 Å². The second-order valence-electron chi connectivity index (χ2n) is 14.0. The highest BCUT2D eigenvalue weighted by Crippen LogP contribution is 2.55. The highest BCUT2D eigenvalue weighted by Gasteiger charge is 2.28. The summed E-state index contributed by atoms with van der Waals surface area (Å²) in [6.45, 7) is 0. The van der Waals surface area contributed by atoms with Crippen molar-refractivity contribution in [3.63, 3.8) is 0 Å². The highest BCUT2D eigenvalue weighted by molar-refractivity contribution is 7.26. The lowest BCUT2D eigenvalue weighted by Crippen LogP contribution is -2.01. The van der Waals surface area contributed by atoms with Gasteiger partial charge in [0.25, 0.3) is 0 Å².